The number of rotatable bonds is 5. The SMILES string of the molecule is Cc1cc(C)n(-c2ccccc2CNC(=O)c2cc([N+](=O)[O-])c(N)cc2F)n1. The summed E-state index contributed by atoms with van der Waals surface area (Å²) in [5.41, 5.74) is 7.45. The minimum absolute atomic E-state index is 0.0883. The third-order valence-electron chi connectivity index (χ3n) is 4.23. The second-order valence-corrected chi connectivity index (χ2v) is 6.30. The van der Waals surface area contributed by atoms with Gasteiger partial charge in [-0.2, -0.15) is 5.10 Å². The average molecular weight is 383 g/mol. The first kappa shape index (κ1) is 19.0. The number of amides is 1. The molecule has 0 atom stereocenters. The summed E-state index contributed by atoms with van der Waals surface area (Å²) in [6.07, 6.45) is 0. The Morgan fingerprint density at radius 3 is 2.64 bits per heavy atom. The molecule has 1 heterocycles. The van der Waals surface area contributed by atoms with Crippen LogP contribution in [-0.2, 0) is 6.54 Å². The van der Waals surface area contributed by atoms with Crippen molar-refractivity contribution in [3.63, 3.8) is 0 Å². The molecular weight excluding hydrogens is 365 g/mol. The molecule has 0 saturated heterocycles. The number of carbonyl (C=O) groups excluding carboxylic acids is 1. The number of halogens is 1. The maximum absolute atomic E-state index is 14.1. The third kappa shape index (κ3) is 3.68. The van der Waals surface area contributed by atoms with Crippen LogP contribution in [0.4, 0.5) is 15.8 Å². The Balaban J connectivity index is 1.86. The number of hydrogen-bond acceptors (Lipinski definition) is 5. The van der Waals surface area contributed by atoms with Crippen LogP contribution in [0.15, 0.2) is 42.5 Å². The molecule has 144 valence electrons. The minimum atomic E-state index is -0.924. The summed E-state index contributed by atoms with van der Waals surface area (Å²) in [5, 5.41) is 18.0. The van der Waals surface area contributed by atoms with Crippen molar-refractivity contribution in [2.75, 3.05) is 5.73 Å². The summed E-state index contributed by atoms with van der Waals surface area (Å²) < 4.78 is 15.8. The Kier molecular flexibility index (Phi) is 5.08. The number of nitro groups is 1. The first-order valence-corrected chi connectivity index (χ1v) is 8.41. The Labute approximate surface area is 159 Å². The highest BCUT2D eigenvalue weighted by atomic mass is 19.1. The molecule has 9 heteroatoms. The number of hydrogen-bond donors (Lipinski definition) is 2. The number of nitrogen functional groups attached to an aromatic ring is 1. The lowest BCUT2D eigenvalue weighted by Crippen LogP contribution is -2.25. The molecule has 0 aliphatic heterocycles. The van der Waals surface area contributed by atoms with E-state index in [1.54, 1.807) is 4.68 Å². The Hall–Kier alpha value is -3.75. The standard InChI is InChI=1S/C19H18FN5O3/c1-11-7-12(2)24(23-11)17-6-4-3-5-13(17)10-22-19(26)14-8-18(25(27)28)16(21)9-15(14)20/h3-9H,10,21H2,1-2H3,(H,22,26). The lowest BCUT2D eigenvalue weighted by atomic mass is 10.1. The Morgan fingerprint density at radius 1 is 1.29 bits per heavy atom. The van der Waals surface area contributed by atoms with Crippen LogP contribution in [0.1, 0.15) is 27.3 Å². The van der Waals surface area contributed by atoms with Gasteiger partial charge in [0.05, 0.1) is 21.9 Å². The molecule has 0 radical (unpaired) electrons. The van der Waals surface area contributed by atoms with E-state index in [2.05, 4.69) is 10.4 Å². The van der Waals surface area contributed by atoms with Gasteiger partial charge in [0.15, 0.2) is 0 Å². The molecule has 0 saturated carbocycles. The van der Waals surface area contributed by atoms with E-state index in [4.69, 9.17) is 5.73 Å². The predicted molar refractivity (Wildman–Crippen MR) is 102 cm³/mol. The summed E-state index contributed by atoms with van der Waals surface area (Å²) in [6, 6.07) is 10.9. The van der Waals surface area contributed by atoms with E-state index < -0.39 is 27.9 Å². The quantitative estimate of drug-likeness (QED) is 0.399. The van der Waals surface area contributed by atoms with Crippen LogP contribution in [0.5, 0.6) is 0 Å². The van der Waals surface area contributed by atoms with Gasteiger partial charge in [0.1, 0.15) is 11.5 Å². The number of carbonyl (C=O) groups is 1. The number of anilines is 1. The van der Waals surface area contributed by atoms with E-state index in [1.807, 2.05) is 44.2 Å². The lowest BCUT2D eigenvalue weighted by Gasteiger charge is -2.12. The van der Waals surface area contributed by atoms with Crippen LogP contribution >= 0.6 is 0 Å². The van der Waals surface area contributed by atoms with Gasteiger partial charge in [0, 0.05) is 24.4 Å². The smallest absolute Gasteiger partial charge is 0.293 e. The molecule has 3 rings (SSSR count). The fraction of sp³-hybridized carbons (Fsp3) is 0.158. The van der Waals surface area contributed by atoms with Crippen LogP contribution < -0.4 is 11.1 Å². The third-order valence-corrected chi connectivity index (χ3v) is 4.23. The summed E-state index contributed by atoms with van der Waals surface area (Å²) in [5.74, 6) is -1.70. The number of benzene rings is 2. The molecule has 0 bridgehead atoms. The molecule has 28 heavy (non-hydrogen) atoms. The monoisotopic (exact) mass is 383 g/mol. The molecule has 0 aliphatic rings. The molecule has 0 aliphatic carbocycles. The van der Waals surface area contributed by atoms with Crippen LogP contribution in [0.25, 0.3) is 5.69 Å². The molecule has 0 unspecified atom stereocenters. The van der Waals surface area contributed by atoms with Gasteiger partial charge in [-0.1, -0.05) is 18.2 Å². The van der Waals surface area contributed by atoms with Crippen molar-refractivity contribution < 1.29 is 14.1 Å². The molecule has 1 amide bonds. The van der Waals surface area contributed by atoms with Gasteiger partial charge in [-0.3, -0.25) is 14.9 Å². The number of aromatic nitrogens is 2. The zero-order valence-electron chi connectivity index (χ0n) is 15.3. The van der Waals surface area contributed by atoms with Gasteiger partial charge in [0.25, 0.3) is 11.6 Å². The maximum Gasteiger partial charge on any atom is 0.293 e. The number of nitro benzene ring substituents is 1. The van der Waals surface area contributed by atoms with Crippen LogP contribution in [0.2, 0.25) is 0 Å². The van der Waals surface area contributed by atoms with Gasteiger partial charge in [-0.05, 0) is 31.5 Å². The van der Waals surface area contributed by atoms with Crippen molar-refractivity contribution in [3.8, 4) is 5.69 Å². The predicted octanol–water partition coefficient (Wildman–Crippen LogP) is 3.05. The summed E-state index contributed by atoms with van der Waals surface area (Å²) in [4.78, 5) is 22.6. The molecule has 8 nitrogen and oxygen atoms in total. The molecule has 0 spiro atoms. The molecule has 1 aromatic heterocycles. The van der Waals surface area contributed by atoms with E-state index in [1.165, 1.54) is 0 Å². The number of nitrogens with zero attached hydrogens (tertiary/aromatic N) is 3. The van der Waals surface area contributed by atoms with E-state index in [9.17, 15) is 19.3 Å². The Morgan fingerprint density at radius 2 is 2.00 bits per heavy atom. The van der Waals surface area contributed by atoms with Gasteiger partial charge >= 0.3 is 0 Å². The molecule has 3 aromatic rings. The number of aryl methyl sites for hydroxylation is 2. The zero-order valence-corrected chi connectivity index (χ0v) is 15.3. The highest BCUT2D eigenvalue weighted by molar-refractivity contribution is 5.96. The zero-order chi connectivity index (χ0) is 20.4. The van der Waals surface area contributed by atoms with Gasteiger partial charge in [0.2, 0.25) is 0 Å². The summed E-state index contributed by atoms with van der Waals surface area (Å²) in [7, 11) is 0. The van der Waals surface area contributed by atoms with E-state index in [0.717, 1.165) is 34.8 Å². The summed E-state index contributed by atoms with van der Waals surface area (Å²) >= 11 is 0. The maximum atomic E-state index is 14.1. The topological polar surface area (TPSA) is 116 Å². The fourth-order valence-electron chi connectivity index (χ4n) is 2.92. The van der Waals surface area contributed by atoms with E-state index in [-0.39, 0.29) is 12.2 Å². The van der Waals surface area contributed by atoms with Crippen LogP contribution in [-0.4, -0.2) is 20.6 Å². The normalized spacial score (nSPS) is 10.7. The number of para-hydroxylation sites is 1. The van der Waals surface area contributed by atoms with Crippen molar-refractivity contribution >= 4 is 17.3 Å². The summed E-state index contributed by atoms with van der Waals surface area (Å²) in [6.45, 7) is 3.88. The van der Waals surface area contributed by atoms with Crippen LogP contribution in [0, 0.1) is 29.8 Å². The second kappa shape index (κ2) is 7.47. The van der Waals surface area contributed by atoms with Crippen molar-refractivity contribution in [1.82, 2.24) is 15.1 Å². The largest absolute Gasteiger partial charge is 0.393 e. The van der Waals surface area contributed by atoms with Crippen molar-refractivity contribution in [2.24, 2.45) is 0 Å². The molecule has 3 N–H and O–H groups in total. The first-order chi connectivity index (χ1) is 13.3. The highest BCUT2D eigenvalue weighted by Gasteiger charge is 2.21. The van der Waals surface area contributed by atoms with Crippen molar-refractivity contribution in [3.05, 3.63) is 80.9 Å². The van der Waals surface area contributed by atoms with Crippen molar-refractivity contribution in [2.45, 2.75) is 20.4 Å². The molecular formula is C19H18FN5O3. The van der Waals surface area contributed by atoms with E-state index >= 15 is 0 Å². The van der Waals surface area contributed by atoms with Crippen molar-refractivity contribution in [1.29, 1.82) is 0 Å². The molecule has 0 fully saturated rings. The first-order valence-electron chi connectivity index (χ1n) is 8.41. The van der Waals surface area contributed by atoms with Crippen LogP contribution in [0.3, 0.4) is 0 Å². The van der Waals surface area contributed by atoms with Gasteiger partial charge in [-0.15, -0.1) is 0 Å². The van der Waals surface area contributed by atoms with E-state index in [0.29, 0.717) is 0 Å². The Bertz CT molecular complexity index is 1080. The lowest BCUT2D eigenvalue weighted by molar-refractivity contribution is -0.384. The van der Waals surface area contributed by atoms with Gasteiger partial charge in [-0.25, -0.2) is 9.07 Å². The highest BCUT2D eigenvalue weighted by Crippen LogP contribution is 2.25. The minimum Gasteiger partial charge on any atom is -0.393 e. The average Bonchev–Trinajstić information content (AvgIpc) is 2.97. The number of nitrogens with two attached hydrogens (primary N) is 1. The van der Waals surface area contributed by atoms with Gasteiger partial charge < -0.3 is 11.1 Å². The second-order valence-electron chi connectivity index (χ2n) is 6.30. The molecule has 2 aromatic carbocycles. The fourth-order valence-corrected chi connectivity index (χ4v) is 2.92. The number of nitrogens with one attached hydrogen (secondary N) is 1.